The molecule has 0 spiro atoms. The molecule has 13 heavy (non-hydrogen) atoms. The zero-order valence-corrected chi connectivity index (χ0v) is 7.49. The van der Waals surface area contributed by atoms with E-state index in [4.69, 9.17) is 4.55 Å². The second-order valence-electron chi connectivity index (χ2n) is 2.63. The minimum Gasteiger partial charge on any atom is -0.302 e. The smallest absolute Gasteiger partial charge is 0.186 e. The van der Waals surface area contributed by atoms with Crippen LogP contribution in [0.5, 0.6) is 0 Å². The van der Waals surface area contributed by atoms with E-state index in [9.17, 15) is 4.21 Å². The first-order valence-corrected chi connectivity index (χ1v) is 4.83. The van der Waals surface area contributed by atoms with Gasteiger partial charge in [0.2, 0.25) is 0 Å². The fourth-order valence-corrected chi connectivity index (χ4v) is 1.58. The molecule has 0 amide bonds. The Labute approximate surface area is 77.7 Å². The molecule has 2 aromatic rings. The molecule has 1 unspecified atom stereocenters. The summed E-state index contributed by atoms with van der Waals surface area (Å²) in [6, 6.07) is 6.97. The minimum absolute atomic E-state index is 0.403. The van der Waals surface area contributed by atoms with Crippen LogP contribution < -0.4 is 0 Å². The highest BCUT2D eigenvalue weighted by atomic mass is 32.2. The molecule has 0 aliphatic rings. The van der Waals surface area contributed by atoms with Crippen LogP contribution in [0.15, 0.2) is 41.6 Å². The fraction of sp³-hybridized carbons (Fsp3) is 0. The van der Waals surface area contributed by atoms with Crippen molar-refractivity contribution in [3.63, 3.8) is 0 Å². The molecule has 0 saturated heterocycles. The number of hydrogen-bond donors (Lipinski definition) is 1. The van der Waals surface area contributed by atoms with Crippen LogP contribution in [0.2, 0.25) is 0 Å². The number of pyridine rings is 1. The third kappa shape index (κ3) is 1.59. The van der Waals surface area contributed by atoms with Gasteiger partial charge in [-0.1, -0.05) is 6.07 Å². The highest BCUT2D eigenvalue weighted by Gasteiger charge is 2.00. The summed E-state index contributed by atoms with van der Waals surface area (Å²) in [5.41, 5.74) is 0. The molecule has 1 aromatic carbocycles. The van der Waals surface area contributed by atoms with E-state index in [-0.39, 0.29) is 0 Å². The molecule has 0 radical (unpaired) electrons. The third-order valence-electron chi connectivity index (χ3n) is 1.81. The van der Waals surface area contributed by atoms with Gasteiger partial charge in [0.05, 0.1) is 4.90 Å². The Balaban J connectivity index is 2.69. The Morgan fingerprint density at radius 3 is 2.85 bits per heavy atom. The number of nitrogens with zero attached hydrogens (tertiary/aromatic N) is 1. The van der Waals surface area contributed by atoms with Crippen LogP contribution in [0.4, 0.5) is 0 Å². The molecule has 0 bridgehead atoms. The summed E-state index contributed by atoms with van der Waals surface area (Å²) >= 11 is -1.91. The van der Waals surface area contributed by atoms with E-state index < -0.39 is 11.1 Å². The van der Waals surface area contributed by atoms with Crippen molar-refractivity contribution in [2.75, 3.05) is 0 Å². The van der Waals surface area contributed by atoms with Gasteiger partial charge in [-0.3, -0.25) is 4.98 Å². The lowest BCUT2D eigenvalue weighted by molar-refractivity contribution is 0.564. The van der Waals surface area contributed by atoms with Gasteiger partial charge in [-0.2, -0.15) is 0 Å². The lowest BCUT2D eigenvalue weighted by Crippen LogP contribution is -1.87. The van der Waals surface area contributed by atoms with Crippen molar-refractivity contribution < 1.29 is 8.76 Å². The highest BCUT2D eigenvalue weighted by Crippen LogP contribution is 2.15. The normalized spacial score (nSPS) is 13.0. The maximum absolute atomic E-state index is 10.7. The summed E-state index contributed by atoms with van der Waals surface area (Å²) in [7, 11) is 0. The number of rotatable bonds is 1. The fourth-order valence-electron chi connectivity index (χ4n) is 1.17. The van der Waals surface area contributed by atoms with Gasteiger partial charge >= 0.3 is 0 Å². The van der Waals surface area contributed by atoms with Gasteiger partial charge in [-0.25, -0.2) is 4.21 Å². The molecule has 1 N–H and O–H groups in total. The van der Waals surface area contributed by atoms with Crippen LogP contribution in [-0.2, 0) is 11.1 Å². The zero-order chi connectivity index (χ0) is 9.26. The van der Waals surface area contributed by atoms with E-state index in [0.29, 0.717) is 4.90 Å². The average molecular weight is 193 g/mol. The monoisotopic (exact) mass is 193 g/mol. The zero-order valence-electron chi connectivity index (χ0n) is 6.68. The SMILES string of the molecule is O=S(O)c1ccc2ccncc2c1. The van der Waals surface area contributed by atoms with Crippen LogP contribution in [-0.4, -0.2) is 13.7 Å². The predicted molar refractivity (Wildman–Crippen MR) is 50.8 cm³/mol. The van der Waals surface area contributed by atoms with Crippen molar-refractivity contribution in [1.29, 1.82) is 0 Å². The molecule has 0 aliphatic carbocycles. The molecule has 2 rings (SSSR count). The van der Waals surface area contributed by atoms with Gasteiger partial charge in [-0.05, 0) is 23.6 Å². The van der Waals surface area contributed by atoms with Crippen LogP contribution in [0, 0.1) is 0 Å². The van der Waals surface area contributed by atoms with Gasteiger partial charge in [0.15, 0.2) is 11.1 Å². The standard InChI is InChI=1S/C9H7NO2S/c11-13(12)9-2-1-7-3-4-10-6-8(7)5-9/h1-6H,(H,11,12). The molecule has 1 heterocycles. The third-order valence-corrected chi connectivity index (χ3v) is 2.47. The van der Waals surface area contributed by atoms with Crippen molar-refractivity contribution in [2.45, 2.75) is 4.90 Å². The molecule has 1 atom stereocenters. The van der Waals surface area contributed by atoms with Crippen LogP contribution >= 0.6 is 0 Å². The minimum atomic E-state index is -1.91. The quantitative estimate of drug-likeness (QED) is 0.703. The van der Waals surface area contributed by atoms with E-state index in [1.807, 2.05) is 6.07 Å². The van der Waals surface area contributed by atoms with Gasteiger partial charge in [0.25, 0.3) is 0 Å². The van der Waals surface area contributed by atoms with E-state index in [1.165, 1.54) is 0 Å². The number of benzene rings is 1. The molecular formula is C9H7NO2S. The Morgan fingerprint density at radius 1 is 1.23 bits per heavy atom. The first-order chi connectivity index (χ1) is 6.27. The molecular weight excluding hydrogens is 186 g/mol. The molecule has 4 heteroatoms. The van der Waals surface area contributed by atoms with Gasteiger partial charge in [0, 0.05) is 17.8 Å². The summed E-state index contributed by atoms with van der Waals surface area (Å²) in [6.45, 7) is 0. The average Bonchev–Trinajstić information content (AvgIpc) is 2.17. The predicted octanol–water partition coefficient (Wildman–Crippen LogP) is 1.82. The first-order valence-electron chi connectivity index (χ1n) is 3.72. The number of fused-ring (bicyclic) bond motifs is 1. The van der Waals surface area contributed by atoms with Crippen LogP contribution in [0.25, 0.3) is 10.8 Å². The van der Waals surface area contributed by atoms with Crippen LogP contribution in [0.1, 0.15) is 0 Å². The number of hydrogen-bond acceptors (Lipinski definition) is 2. The largest absolute Gasteiger partial charge is 0.302 e. The van der Waals surface area contributed by atoms with Crippen molar-refractivity contribution in [2.24, 2.45) is 0 Å². The second-order valence-corrected chi connectivity index (χ2v) is 3.60. The molecule has 3 nitrogen and oxygen atoms in total. The molecule has 0 aliphatic heterocycles. The summed E-state index contributed by atoms with van der Waals surface area (Å²) in [6.07, 6.45) is 3.36. The van der Waals surface area contributed by atoms with Crippen molar-refractivity contribution in [1.82, 2.24) is 4.98 Å². The molecule has 0 saturated carbocycles. The summed E-state index contributed by atoms with van der Waals surface area (Å²) in [4.78, 5) is 4.34. The summed E-state index contributed by atoms with van der Waals surface area (Å²) < 4.78 is 19.6. The van der Waals surface area contributed by atoms with Gasteiger partial charge < -0.3 is 4.55 Å². The van der Waals surface area contributed by atoms with Gasteiger partial charge in [-0.15, -0.1) is 0 Å². The Morgan fingerprint density at radius 2 is 2.08 bits per heavy atom. The van der Waals surface area contributed by atoms with E-state index in [2.05, 4.69) is 4.98 Å². The second kappa shape index (κ2) is 3.24. The van der Waals surface area contributed by atoms with E-state index in [0.717, 1.165) is 10.8 Å². The van der Waals surface area contributed by atoms with E-state index in [1.54, 1.807) is 30.6 Å². The molecule has 66 valence electrons. The van der Waals surface area contributed by atoms with Crippen molar-refractivity contribution in [3.05, 3.63) is 36.7 Å². The highest BCUT2D eigenvalue weighted by molar-refractivity contribution is 7.79. The summed E-state index contributed by atoms with van der Waals surface area (Å²) in [5, 5.41) is 1.90. The van der Waals surface area contributed by atoms with Crippen molar-refractivity contribution in [3.8, 4) is 0 Å². The van der Waals surface area contributed by atoms with Crippen LogP contribution in [0.3, 0.4) is 0 Å². The maximum atomic E-state index is 10.7. The topological polar surface area (TPSA) is 50.2 Å². The Kier molecular flexibility index (Phi) is 2.08. The molecule has 0 fully saturated rings. The molecule has 1 aromatic heterocycles. The lowest BCUT2D eigenvalue weighted by atomic mass is 10.2. The Bertz CT molecular complexity index is 470. The van der Waals surface area contributed by atoms with Crippen molar-refractivity contribution >= 4 is 21.9 Å². The lowest BCUT2D eigenvalue weighted by Gasteiger charge is -1.98. The maximum Gasteiger partial charge on any atom is 0.186 e. The Hall–Kier alpha value is -1.26. The first kappa shape index (κ1) is 8.34. The van der Waals surface area contributed by atoms with E-state index >= 15 is 0 Å². The summed E-state index contributed by atoms with van der Waals surface area (Å²) in [5.74, 6) is 0. The van der Waals surface area contributed by atoms with Gasteiger partial charge in [0.1, 0.15) is 0 Å². The number of aromatic nitrogens is 1.